The number of aromatic hydroxyl groups is 1. The van der Waals surface area contributed by atoms with Crippen molar-refractivity contribution in [3.8, 4) is 17.6 Å². The highest BCUT2D eigenvalue weighted by Crippen LogP contribution is 2.63. The van der Waals surface area contributed by atoms with Crippen molar-refractivity contribution in [2.45, 2.75) is 94.0 Å². The second-order valence-corrected chi connectivity index (χ2v) is 11.3. The Morgan fingerprint density at radius 1 is 1.07 bits per heavy atom. The van der Waals surface area contributed by atoms with Gasteiger partial charge in [0, 0.05) is 17.4 Å². The maximum absolute atomic E-state index is 11.2. The van der Waals surface area contributed by atoms with Crippen molar-refractivity contribution < 1.29 is 19.7 Å². The minimum atomic E-state index is -0.672. The molecule has 6 aliphatic rings. The molecule has 7 rings (SSSR count). The highest BCUT2D eigenvalue weighted by molar-refractivity contribution is 5.53. The van der Waals surface area contributed by atoms with Crippen LogP contribution in [0.3, 0.4) is 0 Å². The van der Waals surface area contributed by atoms with E-state index in [9.17, 15) is 15.5 Å². The molecule has 1 aromatic rings. The molecule has 5 atom stereocenters. The summed E-state index contributed by atoms with van der Waals surface area (Å²) in [6.45, 7) is 4.25. The molecule has 0 spiro atoms. The monoisotopic (exact) mass is 409 g/mol. The maximum atomic E-state index is 11.2. The first-order valence-corrected chi connectivity index (χ1v) is 11.6. The lowest BCUT2D eigenvalue weighted by molar-refractivity contribution is -0.258. The normalized spacial score (nSPS) is 45.2. The Balaban J connectivity index is 1.45. The van der Waals surface area contributed by atoms with E-state index in [4.69, 9.17) is 9.47 Å². The minimum Gasteiger partial charge on any atom is -0.508 e. The molecule has 2 unspecified atom stereocenters. The van der Waals surface area contributed by atoms with Crippen molar-refractivity contribution in [2.75, 3.05) is 0 Å². The number of ether oxygens (including phenoxy) is 2. The zero-order valence-electron chi connectivity index (χ0n) is 17.9. The van der Waals surface area contributed by atoms with E-state index in [0.29, 0.717) is 18.3 Å². The van der Waals surface area contributed by atoms with Gasteiger partial charge in [0.1, 0.15) is 17.1 Å². The molecule has 2 saturated heterocycles. The van der Waals surface area contributed by atoms with Crippen LogP contribution in [0.15, 0.2) is 12.1 Å². The average Bonchev–Trinajstić information content (AvgIpc) is 2.65. The Morgan fingerprint density at radius 2 is 1.80 bits per heavy atom. The number of rotatable bonds is 1. The van der Waals surface area contributed by atoms with E-state index in [1.807, 2.05) is 6.07 Å². The predicted octanol–water partition coefficient (Wildman–Crippen LogP) is 4.51. The molecule has 0 aromatic heterocycles. The Bertz CT molecular complexity index is 933. The van der Waals surface area contributed by atoms with Crippen LogP contribution in [0.5, 0.6) is 11.5 Å². The molecule has 1 aromatic carbocycles. The molecular weight excluding hydrogens is 378 g/mol. The van der Waals surface area contributed by atoms with Gasteiger partial charge in [0.2, 0.25) is 0 Å². The first-order chi connectivity index (χ1) is 14.2. The second-order valence-electron chi connectivity index (χ2n) is 11.3. The van der Waals surface area contributed by atoms with Gasteiger partial charge in [-0.2, -0.15) is 5.26 Å². The lowest BCUT2D eigenvalue weighted by atomic mass is 9.56. The number of nitriles is 1. The fraction of sp³-hybridized carbons (Fsp3) is 0.720. The molecule has 5 fully saturated rings. The van der Waals surface area contributed by atoms with Gasteiger partial charge >= 0.3 is 0 Å². The maximum Gasteiger partial charge on any atom is 0.155 e. The van der Waals surface area contributed by atoms with Gasteiger partial charge in [-0.15, -0.1) is 0 Å². The van der Waals surface area contributed by atoms with E-state index >= 15 is 0 Å². The van der Waals surface area contributed by atoms with Crippen LogP contribution in [-0.2, 0) is 10.3 Å². The number of benzene rings is 1. The second kappa shape index (κ2) is 5.93. The van der Waals surface area contributed by atoms with E-state index in [2.05, 4.69) is 26.0 Å². The van der Waals surface area contributed by atoms with Gasteiger partial charge in [0.15, 0.2) is 5.60 Å². The van der Waals surface area contributed by atoms with Crippen LogP contribution in [-0.4, -0.2) is 27.5 Å². The number of nitrogens with zero attached hydrogens (tertiary/aromatic N) is 1. The summed E-state index contributed by atoms with van der Waals surface area (Å²) in [4.78, 5) is 0. The lowest BCUT2D eigenvalue weighted by Gasteiger charge is -2.59. The highest BCUT2D eigenvalue weighted by Gasteiger charge is 2.60. The number of aliphatic hydroxyl groups is 1. The number of hydrogen-bond acceptors (Lipinski definition) is 5. The third-order valence-corrected chi connectivity index (χ3v) is 8.84. The number of phenols is 1. The molecule has 3 saturated carbocycles. The van der Waals surface area contributed by atoms with Gasteiger partial charge in [0.25, 0.3) is 0 Å². The largest absolute Gasteiger partial charge is 0.508 e. The minimum absolute atomic E-state index is 0.101. The Kier molecular flexibility index (Phi) is 3.74. The molecular formula is C25H31NO4. The molecule has 0 amide bonds. The summed E-state index contributed by atoms with van der Waals surface area (Å²) in [5, 5.41) is 31.4. The Hall–Kier alpha value is -1.77. The first-order valence-electron chi connectivity index (χ1n) is 11.6. The van der Waals surface area contributed by atoms with Crippen LogP contribution < -0.4 is 4.74 Å². The summed E-state index contributed by atoms with van der Waals surface area (Å²) in [6.07, 6.45) is 6.73. The van der Waals surface area contributed by atoms with Crippen LogP contribution in [0, 0.1) is 29.1 Å². The SMILES string of the molecule is CC1(C)Oc2cc(C34CC5CC(CC(C#N)(C5)O3)C4)cc(O)c2[C@@H]2C[C@H](O)CC[C@H]21. The van der Waals surface area contributed by atoms with Gasteiger partial charge in [-0.05, 0) is 94.7 Å². The highest BCUT2D eigenvalue weighted by atomic mass is 16.5. The Labute approximate surface area is 178 Å². The fourth-order valence-electron chi connectivity index (χ4n) is 7.92. The number of fused-ring (bicyclic) bond motifs is 3. The number of hydrogen-bond donors (Lipinski definition) is 2. The van der Waals surface area contributed by atoms with Crippen molar-refractivity contribution in [3.05, 3.63) is 23.3 Å². The van der Waals surface area contributed by atoms with Crippen LogP contribution >= 0.6 is 0 Å². The molecule has 0 radical (unpaired) electrons. The zero-order chi connectivity index (χ0) is 20.9. The summed E-state index contributed by atoms with van der Waals surface area (Å²) >= 11 is 0. The zero-order valence-corrected chi connectivity index (χ0v) is 17.9. The number of aliphatic hydroxyl groups excluding tert-OH is 1. The quantitative estimate of drug-likeness (QED) is 0.713. The summed E-state index contributed by atoms with van der Waals surface area (Å²) in [6, 6.07) is 6.44. The van der Waals surface area contributed by atoms with E-state index in [1.165, 1.54) is 6.42 Å². The van der Waals surface area contributed by atoms with Crippen molar-refractivity contribution in [1.82, 2.24) is 0 Å². The van der Waals surface area contributed by atoms with Crippen LogP contribution in [0.4, 0.5) is 0 Å². The molecule has 5 nitrogen and oxygen atoms in total. The third-order valence-electron chi connectivity index (χ3n) is 8.84. The topological polar surface area (TPSA) is 82.7 Å². The summed E-state index contributed by atoms with van der Waals surface area (Å²) in [5.74, 6) is 2.40. The first kappa shape index (κ1) is 19.0. The Morgan fingerprint density at radius 3 is 2.50 bits per heavy atom. The lowest BCUT2D eigenvalue weighted by Crippen LogP contribution is -2.59. The van der Waals surface area contributed by atoms with Crippen molar-refractivity contribution >= 4 is 0 Å². The van der Waals surface area contributed by atoms with E-state index in [1.54, 1.807) is 0 Å². The summed E-state index contributed by atoms with van der Waals surface area (Å²) in [7, 11) is 0. The smallest absolute Gasteiger partial charge is 0.155 e. The van der Waals surface area contributed by atoms with Crippen molar-refractivity contribution in [3.63, 3.8) is 0 Å². The molecule has 4 bridgehead atoms. The van der Waals surface area contributed by atoms with Crippen LogP contribution in [0.1, 0.15) is 82.3 Å². The van der Waals surface area contributed by atoms with E-state index in [-0.39, 0.29) is 29.3 Å². The van der Waals surface area contributed by atoms with Gasteiger partial charge in [-0.25, -0.2) is 0 Å². The molecule has 2 N–H and O–H groups in total. The van der Waals surface area contributed by atoms with E-state index in [0.717, 1.165) is 55.4 Å². The van der Waals surface area contributed by atoms with Crippen molar-refractivity contribution in [2.24, 2.45) is 17.8 Å². The van der Waals surface area contributed by atoms with Crippen molar-refractivity contribution in [1.29, 1.82) is 5.26 Å². The molecule has 3 aliphatic heterocycles. The van der Waals surface area contributed by atoms with Gasteiger partial charge in [-0.3, -0.25) is 0 Å². The number of phenolic OH excluding ortho intramolecular Hbond substituents is 1. The standard InChI is InChI=1S/C25H31NO4/c1-23(2)19-4-3-17(27)8-18(19)22-20(28)6-16(7-21(22)29-23)25-11-14-5-15(12-25)10-24(9-14,13-26)30-25/h6-7,14-15,17-19,27-28H,3-5,8-12H2,1-2H3/t14?,15?,17-,18-,19-,24?,25?/m1/s1. The molecule has 30 heavy (non-hydrogen) atoms. The third kappa shape index (κ3) is 2.53. The molecule has 160 valence electrons. The average molecular weight is 410 g/mol. The van der Waals surface area contributed by atoms with Gasteiger partial charge in [-0.1, -0.05) is 0 Å². The van der Waals surface area contributed by atoms with Gasteiger partial charge in [0.05, 0.1) is 17.8 Å². The predicted molar refractivity (Wildman–Crippen MR) is 110 cm³/mol. The molecule has 5 heteroatoms. The summed E-state index contributed by atoms with van der Waals surface area (Å²) < 4.78 is 13.1. The fourth-order valence-corrected chi connectivity index (χ4v) is 7.92. The van der Waals surface area contributed by atoms with E-state index < -0.39 is 11.2 Å². The molecule has 3 heterocycles. The van der Waals surface area contributed by atoms with Crippen LogP contribution in [0.25, 0.3) is 0 Å². The molecule has 3 aliphatic carbocycles. The van der Waals surface area contributed by atoms with Crippen LogP contribution in [0.2, 0.25) is 0 Å². The summed E-state index contributed by atoms with van der Waals surface area (Å²) in [5.41, 5.74) is 0.287. The van der Waals surface area contributed by atoms with Gasteiger partial charge < -0.3 is 19.7 Å².